The third-order valence-electron chi connectivity index (χ3n) is 2.94. The zero-order chi connectivity index (χ0) is 10.7. The molecule has 0 amide bonds. The Morgan fingerprint density at radius 1 is 1.67 bits per heavy atom. The molecule has 2 N–H and O–H groups in total. The smallest absolute Gasteiger partial charge is 0.151 e. The maximum Gasteiger partial charge on any atom is 0.151 e. The molecule has 1 aliphatic heterocycles. The molecule has 0 aromatic carbocycles. The Morgan fingerprint density at radius 2 is 2.53 bits per heavy atom. The lowest BCUT2D eigenvalue weighted by Crippen LogP contribution is -2.33. The zero-order valence-corrected chi connectivity index (χ0v) is 9.28. The highest BCUT2D eigenvalue weighted by atomic mass is 16.5. The van der Waals surface area contributed by atoms with Crippen LogP contribution in [0.4, 0.5) is 0 Å². The maximum absolute atomic E-state index is 5.48. The predicted octanol–water partition coefficient (Wildman–Crippen LogP) is 1.37. The van der Waals surface area contributed by atoms with E-state index in [1.54, 1.807) is 0 Å². The summed E-state index contributed by atoms with van der Waals surface area (Å²) in [7, 11) is 0. The fourth-order valence-electron chi connectivity index (χ4n) is 2.18. The number of nitrogens with two attached hydrogens (primary N) is 1. The monoisotopic (exact) mass is 209 g/mol. The van der Waals surface area contributed by atoms with Crippen LogP contribution >= 0.6 is 0 Å². The lowest BCUT2D eigenvalue weighted by Gasteiger charge is -2.29. The molecular weight excluding hydrogens is 190 g/mol. The van der Waals surface area contributed by atoms with Crippen LogP contribution in [0.15, 0.2) is 10.6 Å². The van der Waals surface area contributed by atoms with Gasteiger partial charge >= 0.3 is 0 Å². The van der Waals surface area contributed by atoms with E-state index in [0.29, 0.717) is 6.54 Å². The molecule has 0 spiro atoms. The van der Waals surface area contributed by atoms with Crippen LogP contribution < -0.4 is 5.73 Å². The normalized spacial score (nSPS) is 23.2. The highest BCUT2D eigenvalue weighted by Gasteiger charge is 2.17. The van der Waals surface area contributed by atoms with E-state index in [1.165, 1.54) is 25.9 Å². The molecule has 1 aliphatic rings. The summed E-state index contributed by atoms with van der Waals surface area (Å²) in [6.07, 6.45) is 2.64. The van der Waals surface area contributed by atoms with Crippen LogP contribution in [-0.4, -0.2) is 23.1 Å². The first-order valence-corrected chi connectivity index (χ1v) is 5.65. The van der Waals surface area contributed by atoms with Gasteiger partial charge in [-0.2, -0.15) is 0 Å². The minimum Gasteiger partial charge on any atom is -0.360 e. The topological polar surface area (TPSA) is 55.3 Å². The summed E-state index contributed by atoms with van der Waals surface area (Å²) in [6.45, 7) is 5.97. The fraction of sp³-hybridized carbons (Fsp3) is 0.727. The lowest BCUT2D eigenvalue weighted by atomic mass is 10.0. The number of piperidine rings is 1. The molecule has 4 heteroatoms. The van der Waals surface area contributed by atoms with Gasteiger partial charge in [-0.05, 0) is 25.3 Å². The van der Waals surface area contributed by atoms with E-state index in [2.05, 4.69) is 17.0 Å². The summed E-state index contributed by atoms with van der Waals surface area (Å²) >= 11 is 0. The van der Waals surface area contributed by atoms with Crippen LogP contribution in [0, 0.1) is 5.92 Å². The molecule has 1 aromatic heterocycles. The molecule has 0 radical (unpaired) electrons. The summed E-state index contributed by atoms with van der Waals surface area (Å²) < 4.78 is 5.22. The molecule has 15 heavy (non-hydrogen) atoms. The molecule has 1 saturated heterocycles. The molecule has 2 heterocycles. The van der Waals surface area contributed by atoms with Gasteiger partial charge in [0.15, 0.2) is 5.76 Å². The van der Waals surface area contributed by atoms with Crippen LogP contribution in [0.3, 0.4) is 0 Å². The van der Waals surface area contributed by atoms with E-state index in [4.69, 9.17) is 10.3 Å². The molecule has 1 unspecified atom stereocenters. The molecule has 4 nitrogen and oxygen atoms in total. The average Bonchev–Trinajstić information content (AvgIpc) is 2.65. The van der Waals surface area contributed by atoms with E-state index in [1.807, 2.05) is 6.07 Å². The lowest BCUT2D eigenvalue weighted by molar-refractivity contribution is 0.160. The van der Waals surface area contributed by atoms with Crippen molar-refractivity contribution in [2.45, 2.75) is 32.9 Å². The summed E-state index contributed by atoms with van der Waals surface area (Å²) in [5, 5.41) is 3.89. The van der Waals surface area contributed by atoms with Crippen LogP contribution in [0.25, 0.3) is 0 Å². The fourth-order valence-corrected chi connectivity index (χ4v) is 2.18. The standard InChI is InChI=1S/C11H19N3O/c1-9-3-2-4-14(7-9)8-11-5-10(6-12)13-15-11/h5,9H,2-4,6-8,12H2,1H3. The van der Waals surface area contributed by atoms with Gasteiger partial charge in [0.05, 0.1) is 12.2 Å². The van der Waals surface area contributed by atoms with Crippen molar-refractivity contribution in [1.29, 1.82) is 0 Å². The van der Waals surface area contributed by atoms with Crippen molar-refractivity contribution in [1.82, 2.24) is 10.1 Å². The first-order chi connectivity index (χ1) is 7.28. The zero-order valence-electron chi connectivity index (χ0n) is 9.28. The quantitative estimate of drug-likeness (QED) is 0.816. The van der Waals surface area contributed by atoms with Crippen LogP contribution in [-0.2, 0) is 13.1 Å². The van der Waals surface area contributed by atoms with Crippen molar-refractivity contribution >= 4 is 0 Å². The Labute approximate surface area is 90.4 Å². The van der Waals surface area contributed by atoms with Gasteiger partial charge in [-0.1, -0.05) is 12.1 Å². The second kappa shape index (κ2) is 4.77. The van der Waals surface area contributed by atoms with Gasteiger partial charge in [0.2, 0.25) is 0 Å². The van der Waals surface area contributed by atoms with Crippen LogP contribution in [0.2, 0.25) is 0 Å². The van der Waals surface area contributed by atoms with Gasteiger partial charge in [-0.3, -0.25) is 4.90 Å². The third kappa shape index (κ3) is 2.79. The average molecular weight is 209 g/mol. The Kier molecular flexibility index (Phi) is 3.38. The van der Waals surface area contributed by atoms with Gasteiger partial charge in [-0.15, -0.1) is 0 Å². The van der Waals surface area contributed by atoms with E-state index in [0.717, 1.165) is 23.9 Å². The molecule has 2 rings (SSSR count). The Balaban J connectivity index is 1.90. The van der Waals surface area contributed by atoms with Crippen molar-refractivity contribution in [3.8, 4) is 0 Å². The number of likely N-dealkylation sites (tertiary alicyclic amines) is 1. The van der Waals surface area contributed by atoms with Crippen molar-refractivity contribution in [2.24, 2.45) is 11.7 Å². The number of rotatable bonds is 3. The molecular formula is C11H19N3O. The van der Waals surface area contributed by atoms with Crippen molar-refractivity contribution in [3.63, 3.8) is 0 Å². The SMILES string of the molecule is CC1CCCN(Cc2cc(CN)no2)C1. The van der Waals surface area contributed by atoms with E-state index in [-0.39, 0.29) is 0 Å². The number of hydrogen-bond acceptors (Lipinski definition) is 4. The number of hydrogen-bond donors (Lipinski definition) is 1. The van der Waals surface area contributed by atoms with Gasteiger partial charge in [0, 0.05) is 19.2 Å². The Hall–Kier alpha value is -0.870. The minimum absolute atomic E-state index is 0.458. The van der Waals surface area contributed by atoms with Gasteiger partial charge in [0.1, 0.15) is 0 Å². The Morgan fingerprint density at radius 3 is 3.20 bits per heavy atom. The molecule has 1 atom stereocenters. The van der Waals surface area contributed by atoms with Crippen molar-refractivity contribution in [3.05, 3.63) is 17.5 Å². The van der Waals surface area contributed by atoms with Crippen LogP contribution in [0.1, 0.15) is 31.2 Å². The highest BCUT2D eigenvalue weighted by Crippen LogP contribution is 2.17. The second-order valence-corrected chi connectivity index (χ2v) is 4.47. The Bertz CT molecular complexity index is 311. The van der Waals surface area contributed by atoms with Gasteiger partial charge < -0.3 is 10.3 Å². The van der Waals surface area contributed by atoms with Crippen molar-refractivity contribution in [2.75, 3.05) is 13.1 Å². The first kappa shape index (κ1) is 10.6. The minimum atomic E-state index is 0.458. The summed E-state index contributed by atoms with van der Waals surface area (Å²) in [4.78, 5) is 2.43. The molecule has 1 fully saturated rings. The van der Waals surface area contributed by atoms with Crippen LogP contribution in [0.5, 0.6) is 0 Å². The molecule has 84 valence electrons. The van der Waals surface area contributed by atoms with E-state index < -0.39 is 0 Å². The van der Waals surface area contributed by atoms with E-state index in [9.17, 15) is 0 Å². The second-order valence-electron chi connectivity index (χ2n) is 4.47. The van der Waals surface area contributed by atoms with E-state index >= 15 is 0 Å². The van der Waals surface area contributed by atoms with Gasteiger partial charge in [0.25, 0.3) is 0 Å². The number of aromatic nitrogens is 1. The number of nitrogens with zero attached hydrogens (tertiary/aromatic N) is 2. The molecule has 1 aromatic rings. The highest BCUT2D eigenvalue weighted by molar-refractivity contribution is 5.04. The largest absolute Gasteiger partial charge is 0.360 e. The summed E-state index contributed by atoms with van der Waals surface area (Å²) in [5.74, 6) is 1.74. The van der Waals surface area contributed by atoms with Gasteiger partial charge in [-0.25, -0.2) is 0 Å². The molecule has 0 aliphatic carbocycles. The summed E-state index contributed by atoms with van der Waals surface area (Å²) in [6, 6.07) is 1.96. The molecule has 0 bridgehead atoms. The van der Waals surface area contributed by atoms with Crippen molar-refractivity contribution < 1.29 is 4.52 Å². The first-order valence-electron chi connectivity index (χ1n) is 5.65. The summed E-state index contributed by atoms with van der Waals surface area (Å²) in [5.41, 5.74) is 6.32. The third-order valence-corrected chi connectivity index (χ3v) is 2.94. The maximum atomic E-state index is 5.48. The predicted molar refractivity (Wildman–Crippen MR) is 58.1 cm³/mol. The molecule has 0 saturated carbocycles.